The Kier molecular flexibility index (Phi) is 5.83. The maximum Gasteiger partial charge on any atom is 0.338 e. The van der Waals surface area contributed by atoms with Crippen LogP contribution in [0.3, 0.4) is 0 Å². The van der Waals surface area contributed by atoms with Crippen LogP contribution in [-0.2, 0) is 9.53 Å². The minimum Gasteiger partial charge on any atom is -0.463 e. The molecule has 0 N–H and O–H groups in total. The van der Waals surface area contributed by atoms with Gasteiger partial charge in [-0.25, -0.2) is 9.79 Å². The Morgan fingerprint density at radius 1 is 1.25 bits per heavy atom. The fourth-order valence-electron chi connectivity index (χ4n) is 3.62. The Morgan fingerprint density at radius 3 is 2.69 bits per heavy atom. The van der Waals surface area contributed by atoms with Gasteiger partial charge in [0, 0.05) is 12.1 Å². The Labute approximate surface area is 186 Å². The molecule has 8 nitrogen and oxygen atoms in total. The van der Waals surface area contributed by atoms with Crippen LogP contribution in [0.2, 0.25) is 0 Å². The smallest absolute Gasteiger partial charge is 0.338 e. The van der Waals surface area contributed by atoms with E-state index in [9.17, 15) is 19.7 Å². The van der Waals surface area contributed by atoms with Crippen molar-refractivity contribution < 1.29 is 14.5 Å². The van der Waals surface area contributed by atoms with Crippen LogP contribution in [0.1, 0.15) is 31.0 Å². The molecular weight excluding hydrogens is 430 g/mol. The summed E-state index contributed by atoms with van der Waals surface area (Å²) in [6.45, 7) is 3.65. The number of nitro groups is 1. The number of hydrogen-bond donors (Lipinski definition) is 0. The third kappa shape index (κ3) is 3.90. The molecule has 1 unspecified atom stereocenters. The van der Waals surface area contributed by atoms with E-state index in [4.69, 9.17) is 4.74 Å². The van der Waals surface area contributed by atoms with Gasteiger partial charge in [0.2, 0.25) is 0 Å². The van der Waals surface area contributed by atoms with Gasteiger partial charge in [0.15, 0.2) is 4.80 Å². The van der Waals surface area contributed by atoms with Crippen molar-refractivity contribution in [2.24, 2.45) is 4.99 Å². The zero-order valence-corrected chi connectivity index (χ0v) is 18.2. The van der Waals surface area contributed by atoms with Crippen LogP contribution in [0.15, 0.2) is 75.7 Å². The molecule has 1 atom stereocenters. The SMILES string of the molecule is CCOC(=O)C1=C(C)N=c2s/c(=C/c3cccc([N+](=O)[O-])c3)c(=O)n2C1c1ccccc1. The molecule has 1 aliphatic heterocycles. The number of esters is 1. The van der Waals surface area contributed by atoms with Gasteiger partial charge in [-0.1, -0.05) is 53.8 Å². The average molecular weight is 449 g/mol. The van der Waals surface area contributed by atoms with Crippen LogP contribution in [0.25, 0.3) is 6.08 Å². The van der Waals surface area contributed by atoms with E-state index in [2.05, 4.69) is 4.99 Å². The van der Waals surface area contributed by atoms with Gasteiger partial charge in [-0.2, -0.15) is 0 Å². The van der Waals surface area contributed by atoms with Crippen molar-refractivity contribution in [2.45, 2.75) is 19.9 Å². The molecule has 32 heavy (non-hydrogen) atoms. The molecule has 162 valence electrons. The van der Waals surface area contributed by atoms with Gasteiger partial charge in [-0.05, 0) is 31.1 Å². The van der Waals surface area contributed by atoms with Gasteiger partial charge in [-0.3, -0.25) is 19.5 Å². The third-order valence-corrected chi connectivity index (χ3v) is 5.99. The number of nitrogens with zero attached hydrogens (tertiary/aromatic N) is 3. The zero-order chi connectivity index (χ0) is 22.8. The molecule has 0 fully saturated rings. The first-order chi connectivity index (χ1) is 15.4. The van der Waals surface area contributed by atoms with E-state index in [0.717, 1.165) is 5.56 Å². The molecule has 0 spiro atoms. The molecule has 0 radical (unpaired) electrons. The number of aromatic nitrogens is 1. The highest BCUT2D eigenvalue weighted by Gasteiger charge is 2.33. The lowest BCUT2D eigenvalue weighted by atomic mass is 9.96. The number of fused-ring (bicyclic) bond motifs is 1. The molecular formula is C23H19N3O5S. The zero-order valence-electron chi connectivity index (χ0n) is 17.3. The number of carbonyl (C=O) groups is 1. The van der Waals surface area contributed by atoms with Gasteiger partial charge >= 0.3 is 5.97 Å². The summed E-state index contributed by atoms with van der Waals surface area (Å²) in [7, 11) is 0. The summed E-state index contributed by atoms with van der Waals surface area (Å²) >= 11 is 1.17. The van der Waals surface area contributed by atoms with Gasteiger partial charge in [0.05, 0.1) is 33.4 Å². The summed E-state index contributed by atoms with van der Waals surface area (Å²) in [5.74, 6) is -0.518. The Morgan fingerprint density at radius 2 is 2.00 bits per heavy atom. The van der Waals surface area contributed by atoms with Crippen LogP contribution in [0, 0.1) is 10.1 Å². The monoisotopic (exact) mass is 449 g/mol. The average Bonchev–Trinajstić information content (AvgIpc) is 3.08. The van der Waals surface area contributed by atoms with Crippen molar-refractivity contribution in [2.75, 3.05) is 6.61 Å². The summed E-state index contributed by atoms with van der Waals surface area (Å²) in [6.07, 6.45) is 1.60. The van der Waals surface area contributed by atoms with Crippen molar-refractivity contribution in [3.05, 3.63) is 107 Å². The van der Waals surface area contributed by atoms with Gasteiger partial charge in [-0.15, -0.1) is 0 Å². The van der Waals surface area contributed by atoms with Crippen molar-refractivity contribution in [1.29, 1.82) is 0 Å². The van der Waals surface area contributed by atoms with Crippen LogP contribution in [0.4, 0.5) is 5.69 Å². The number of non-ortho nitro benzene ring substituents is 1. The molecule has 0 amide bonds. The highest BCUT2D eigenvalue weighted by Crippen LogP contribution is 2.30. The number of thiazole rings is 1. The lowest BCUT2D eigenvalue weighted by Crippen LogP contribution is -2.39. The molecule has 0 aliphatic carbocycles. The second kappa shape index (κ2) is 8.72. The standard InChI is InChI=1S/C23H19N3O5S/c1-3-31-22(28)19-14(2)24-23-25(20(19)16-9-5-4-6-10-16)21(27)18(32-23)13-15-8-7-11-17(12-15)26(29)30/h4-13,20H,3H2,1-2H3/b18-13+. The highest BCUT2D eigenvalue weighted by atomic mass is 32.1. The van der Waals surface area contributed by atoms with E-state index in [0.29, 0.717) is 26.2 Å². The minimum absolute atomic E-state index is 0.0610. The van der Waals surface area contributed by atoms with Crippen molar-refractivity contribution in [1.82, 2.24) is 4.57 Å². The number of benzene rings is 2. The fourth-order valence-corrected chi connectivity index (χ4v) is 4.67. The summed E-state index contributed by atoms with van der Waals surface area (Å²) in [5.41, 5.74) is 1.69. The molecule has 1 aliphatic rings. The van der Waals surface area contributed by atoms with E-state index < -0.39 is 16.9 Å². The van der Waals surface area contributed by atoms with Crippen molar-refractivity contribution >= 4 is 29.1 Å². The summed E-state index contributed by atoms with van der Waals surface area (Å²) < 4.78 is 7.11. The van der Waals surface area contributed by atoms with E-state index >= 15 is 0 Å². The molecule has 2 heterocycles. The molecule has 0 bridgehead atoms. The fraction of sp³-hybridized carbons (Fsp3) is 0.174. The summed E-state index contributed by atoms with van der Waals surface area (Å²) in [5, 5.41) is 11.1. The quantitative estimate of drug-likeness (QED) is 0.338. The van der Waals surface area contributed by atoms with Crippen LogP contribution < -0.4 is 14.9 Å². The predicted molar refractivity (Wildman–Crippen MR) is 120 cm³/mol. The Bertz CT molecular complexity index is 1420. The van der Waals surface area contributed by atoms with Crippen LogP contribution in [-0.4, -0.2) is 22.1 Å². The van der Waals surface area contributed by atoms with E-state index in [1.807, 2.05) is 30.3 Å². The molecule has 1 aromatic heterocycles. The summed E-state index contributed by atoms with van der Waals surface area (Å²) in [6, 6.07) is 14.6. The molecule has 4 rings (SSSR count). The second-order valence-electron chi connectivity index (χ2n) is 7.07. The Hall–Kier alpha value is -3.85. The first-order valence-corrected chi connectivity index (χ1v) is 10.7. The predicted octanol–water partition coefficient (Wildman–Crippen LogP) is 2.71. The molecule has 0 saturated carbocycles. The van der Waals surface area contributed by atoms with Crippen LogP contribution >= 0.6 is 11.3 Å². The molecule has 2 aromatic carbocycles. The number of nitro benzene ring substituents is 1. The normalized spacial score (nSPS) is 15.8. The topological polar surface area (TPSA) is 104 Å². The van der Waals surface area contributed by atoms with Crippen molar-refractivity contribution in [3.8, 4) is 0 Å². The van der Waals surface area contributed by atoms with Crippen molar-refractivity contribution in [3.63, 3.8) is 0 Å². The first kappa shape index (κ1) is 21.4. The molecule has 9 heteroatoms. The molecule has 0 saturated heterocycles. The van der Waals surface area contributed by atoms with Gasteiger partial charge in [0.1, 0.15) is 0 Å². The minimum atomic E-state index is -0.682. The van der Waals surface area contributed by atoms with Gasteiger partial charge in [0.25, 0.3) is 11.2 Å². The maximum atomic E-state index is 13.4. The van der Waals surface area contributed by atoms with E-state index in [-0.39, 0.29) is 17.9 Å². The van der Waals surface area contributed by atoms with E-state index in [1.54, 1.807) is 32.1 Å². The first-order valence-electron chi connectivity index (χ1n) is 9.89. The number of rotatable bonds is 5. The summed E-state index contributed by atoms with van der Waals surface area (Å²) in [4.78, 5) is 41.8. The second-order valence-corrected chi connectivity index (χ2v) is 8.07. The van der Waals surface area contributed by atoms with Gasteiger partial charge < -0.3 is 4.74 Å². The van der Waals surface area contributed by atoms with Crippen LogP contribution in [0.5, 0.6) is 0 Å². The number of allylic oxidation sites excluding steroid dienone is 1. The largest absolute Gasteiger partial charge is 0.463 e. The Balaban J connectivity index is 1.94. The highest BCUT2D eigenvalue weighted by molar-refractivity contribution is 7.07. The lowest BCUT2D eigenvalue weighted by molar-refractivity contribution is -0.384. The third-order valence-electron chi connectivity index (χ3n) is 5.01. The number of carbonyl (C=O) groups excluding carboxylic acids is 1. The maximum absolute atomic E-state index is 13.4. The van der Waals surface area contributed by atoms with E-state index in [1.165, 1.54) is 28.0 Å². The number of hydrogen-bond acceptors (Lipinski definition) is 7. The molecule has 3 aromatic rings. The lowest BCUT2D eigenvalue weighted by Gasteiger charge is -2.24. The number of ether oxygens (including phenoxy) is 1.